The predicted molar refractivity (Wildman–Crippen MR) is 128 cm³/mol. The van der Waals surface area contributed by atoms with Crippen LogP contribution in [-0.2, 0) is 11.3 Å². The zero-order chi connectivity index (χ0) is 22.1. The highest BCUT2D eigenvalue weighted by molar-refractivity contribution is 7.17. The van der Waals surface area contributed by atoms with Crippen LogP contribution in [0.5, 0.6) is 0 Å². The lowest BCUT2D eigenvalue weighted by molar-refractivity contribution is -0.116. The van der Waals surface area contributed by atoms with Crippen LogP contribution >= 0.6 is 34.5 Å². The first-order valence-corrected chi connectivity index (χ1v) is 11.3. The van der Waals surface area contributed by atoms with Gasteiger partial charge in [-0.2, -0.15) is 0 Å². The second kappa shape index (κ2) is 8.83. The summed E-state index contributed by atoms with van der Waals surface area (Å²) in [6.07, 6.45) is 1.40. The topological polar surface area (TPSA) is 64.0 Å². The molecule has 0 saturated carbocycles. The SMILES string of the molecule is CC(C)c1ccc(-c2csc3ncn(CC(=O)Nc4ccc(Cl)cc4Cl)c(=O)c23)cc1. The van der Waals surface area contributed by atoms with Gasteiger partial charge in [0.2, 0.25) is 5.91 Å². The van der Waals surface area contributed by atoms with Crippen molar-refractivity contribution in [2.75, 3.05) is 5.32 Å². The molecule has 0 spiro atoms. The summed E-state index contributed by atoms with van der Waals surface area (Å²) in [6, 6.07) is 13.0. The summed E-state index contributed by atoms with van der Waals surface area (Å²) in [4.78, 5) is 30.7. The van der Waals surface area contributed by atoms with Gasteiger partial charge in [-0.1, -0.05) is 61.3 Å². The number of nitrogens with one attached hydrogen (secondary N) is 1. The Kier molecular flexibility index (Phi) is 6.14. The Labute approximate surface area is 193 Å². The third kappa shape index (κ3) is 4.51. The van der Waals surface area contributed by atoms with Crippen molar-refractivity contribution in [2.24, 2.45) is 0 Å². The maximum absolute atomic E-state index is 13.2. The van der Waals surface area contributed by atoms with E-state index < -0.39 is 0 Å². The first kappa shape index (κ1) is 21.6. The molecule has 0 aliphatic carbocycles. The first-order chi connectivity index (χ1) is 14.8. The second-order valence-electron chi connectivity index (χ2n) is 7.46. The Bertz CT molecular complexity index is 1330. The summed E-state index contributed by atoms with van der Waals surface area (Å²) < 4.78 is 1.31. The van der Waals surface area contributed by atoms with Crippen molar-refractivity contribution in [2.45, 2.75) is 26.3 Å². The Morgan fingerprint density at radius 1 is 1.16 bits per heavy atom. The molecule has 2 aromatic heterocycles. The van der Waals surface area contributed by atoms with Gasteiger partial charge in [0, 0.05) is 16.0 Å². The summed E-state index contributed by atoms with van der Waals surface area (Å²) >= 11 is 13.4. The minimum Gasteiger partial charge on any atom is -0.323 e. The number of fused-ring (bicyclic) bond motifs is 1. The number of aromatic nitrogens is 2. The lowest BCUT2D eigenvalue weighted by Crippen LogP contribution is -2.27. The van der Waals surface area contributed by atoms with E-state index >= 15 is 0 Å². The average molecular weight is 472 g/mol. The Balaban J connectivity index is 1.64. The van der Waals surface area contributed by atoms with E-state index in [0.29, 0.717) is 31.9 Å². The molecule has 0 aliphatic rings. The zero-order valence-corrected chi connectivity index (χ0v) is 19.2. The van der Waals surface area contributed by atoms with Gasteiger partial charge in [0.15, 0.2) is 0 Å². The zero-order valence-electron chi connectivity index (χ0n) is 16.9. The smallest absolute Gasteiger partial charge is 0.263 e. The van der Waals surface area contributed by atoms with Gasteiger partial charge in [-0.3, -0.25) is 14.2 Å². The van der Waals surface area contributed by atoms with Crippen LogP contribution in [0.3, 0.4) is 0 Å². The summed E-state index contributed by atoms with van der Waals surface area (Å²) in [5.41, 5.74) is 3.18. The predicted octanol–water partition coefficient (Wildman–Crippen LogP) is 6.19. The van der Waals surface area contributed by atoms with Gasteiger partial charge in [0.25, 0.3) is 5.56 Å². The highest BCUT2D eigenvalue weighted by atomic mass is 35.5. The third-order valence-electron chi connectivity index (χ3n) is 4.97. The van der Waals surface area contributed by atoms with Crippen LogP contribution < -0.4 is 10.9 Å². The third-order valence-corrected chi connectivity index (χ3v) is 6.40. The average Bonchev–Trinajstić information content (AvgIpc) is 3.17. The van der Waals surface area contributed by atoms with Crippen molar-refractivity contribution in [1.29, 1.82) is 0 Å². The van der Waals surface area contributed by atoms with E-state index in [-0.39, 0.29) is 18.0 Å². The van der Waals surface area contributed by atoms with Crippen LogP contribution in [-0.4, -0.2) is 15.5 Å². The molecule has 0 fully saturated rings. The molecule has 1 N–H and O–H groups in total. The molecule has 4 aromatic rings. The standard InChI is InChI=1S/C23H19Cl2N3O2S/c1-13(2)14-3-5-15(6-4-14)17-11-31-22-21(17)23(30)28(12-26-22)10-20(29)27-19-8-7-16(24)9-18(19)25/h3-9,11-13H,10H2,1-2H3,(H,27,29). The molecule has 5 nitrogen and oxygen atoms in total. The van der Waals surface area contributed by atoms with Gasteiger partial charge in [-0.15, -0.1) is 11.3 Å². The number of hydrogen-bond acceptors (Lipinski definition) is 4. The molecule has 0 unspecified atom stereocenters. The number of anilines is 1. The number of carbonyl (C=O) groups is 1. The van der Waals surface area contributed by atoms with Crippen LogP contribution in [0.2, 0.25) is 10.0 Å². The van der Waals surface area contributed by atoms with E-state index in [0.717, 1.165) is 11.1 Å². The van der Waals surface area contributed by atoms with Crippen LogP contribution in [0.15, 0.2) is 59.0 Å². The van der Waals surface area contributed by atoms with Gasteiger partial charge < -0.3 is 5.32 Å². The molecule has 0 radical (unpaired) electrons. The Hall–Kier alpha value is -2.67. The molecule has 0 atom stereocenters. The van der Waals surface area contributed by atoms with Crippen LogP contribution in [0.1, 0.15) is 25.3 Å². The summed E-state index contributed by atoms with van der Waals surface area (Å²) in [6.45, 7) is 4.10. The quantitative estimate of drug-likeness (QED) is 0.377. The molecule has 31 heavy (non-hydrogen) atoms. The van der Waals surface area contributed by atoms with Gasteiger partial charge >= 0.3 is 0 Å². The molecule has 0 aliphatic heterocycles. The first-order valence-electron chi connectivity index (χ1n) is 9.65. The van der Waals surface area contributed by atoms with Crippen molar-refractivity contribution in [3.05, 3.63) is 80.1 Å². The number of carbonyl (C=O) groups excluding carboxylic acids is 1. The molecule has 4 rings (SSSR count). The van der Waals surface area contributed by atoms with E-state index in [1.165, 1.54) is 27.8 Å². The van der Waals surface area contributed by atoms with Gasteiger partial charge in [0.1, 0.15) is 11.4 Å². The highest BCUT2D eigenvalue weighted by Crippen LogP contribution is 2.31. The van der Waals surface area contributed by atoms with E-state index in [9.17, 15) is 9.59 Å². The number of rotatable bonds is 5. The van der Waals surface area contributed by atoms with Crippen molar-refractivity contribution in [1.82, 2.24) is 9.55 Å². The molecule has 0 bridgehead atoms. The van der Waals surface area contributed by atoms with E-state index in [2.05, 4.69) is 36.3 Å². The maximum atomic E-state index is 13.2. The number of amides is 1. The molecule has 1 amide bonds. The molecular formula is C23H19Cl2N3O2S. The normalized spacial score (nSPS) is 11.3. The van der Waals surface area contributed by atoms with Gasteiger partial charge in [-0.25, -0.2) is 4.98 Å². The number of halogens is 2. The monoisotopic (exact) mass is 471 g/mol. The highest BCUT2D eigenvalue weighted by Gasteiger charge is 2.15. The lowest BCUT2D eigenvalue weighted by Gasteiger charge is -2.09. The summed E-state index contributed by atoms with van der Waals surface area (Å²) in [5, 5.41) is 5.95. The van der Waals surface area contributed by atoms with Crippen molar-refractivity contribution in [3.63, 3.8) is 0 Å². The Morgan fingerprint density at radius 2 is 1.90 bits per heavy atom. The van der Waals surface area contributed by atoms with Crippen molar-refractivity contribution < 1.29 is 4.79 Å². The van der Waals surface area contributed by atoms with E-state index in [4.69, 9.17) is 23.2 Å². The largest absolute Gasteiger partial charge is 0.323 e. The van der Waals surface area contributed by atoms with E-state index in [1.807, 2.05) is 17.5 Å². The van der Waals surface area contributed by atoms with Crippen molar-refractivity contribution in [3.8, 4) is 11.1 Å². The summed E-state index contributed by atoms with van der Waals surface area (Å²) in [7, 11) is 0. The van der Waals surface area contributed by atoms with Gasteiger partial charge in [0.05, 0.1) is 22.4 Å². The minimum atomic E-state index is -0.384. The summed E-state index contributed by atoms with van der Waals surface area (Å²) in [5.74, 6) is 0.0466. The minimum absolute atomic E-state index is 0.178. The van der Waals surface area contributed by atoms with Crippen LogP contribution in [0.4, 0.5) is 5.69 Å². The fourth-order valence-corrected chi connectivity index (χ4v) is 4.64. The van der Waals surface area contributed by atoms with Crippen molar-refractivity contribution >= 4 is 56.3 Å². The molecule has 0 saturated heterocycles. The number of hydrogen-bond donors (Lipinski definition) is 1. The lowest BCUT2D eigenvalue weighted by atomic mass is 9.99. The second-order valence-corrected chi connectivity index (χ2v) is 9.16. The van der Waals surface area contributed by atoms with Gasteiger partial charge in [-0.05, 0) is 35.2 Å². The fraction of sp³-hybridized carbons (Fsp3) is 0.174. The maximum Gasteiger partial charge on any atom is 0.263 e. The molecular weight excluding hydrogens is 453 g/mol. The molecule has 2 heterocycles. The number of nitrogens with zero attached hydrogens (tertiary/aromatic N) is 2. The fourth-order valence-electron chi connectivity index (χ4n) is 3.28. The Morgan fingerprint density at radius 3 is 2.58 bits per heavy atom. The van der Waals surface area contributed by atoms with Crippen LogP contribution in [0.25, 0.3) is 21.3 Å². The molecule has 8 heteroatoms. The number of benzene rings is 2. The molecule has 2 aromatic carbocycles. The number of thiophene rings is 1. The van der Waals surface area contributed by atoms with Crippen LogP contribution in [0, 0.1) is 0 Å². The van der Waals surface area contributed by atoms with E-state index in [1.54, 1.807) is 18.2 Å². The molecule has 158 valence electrons.